The molecule has 2 aliphatic rings. The first-order chi connectivity index (χ1) is 9.66. The number of hydrogen-bond acceptors (Lipinski definition) is 1. The summed E-state index contributed by atoms with van der Waals surface area (Å²) in [6.45, 7) is 9.01. The van der Waals surface area contributed by atoms with E-state index in [1.54, 1.807) is 5.56 Å². The van der Waals surface area contributed by atoms with Gasteiger partial charge in [-0.05, 0) is 48.6 Å². The lowest BCUT2D eigenvalue weighted by Crippen LogP contribution is -2.40. The Labute approximate surface area is 123 Å². The van der Waals surface area contributed by atoms with Gasteiger partial charge < -0.3 is 4.90 Å². The first kappa shape index (κ1) is 13.9. The summed E-state index contributed by atoms with van der Waals surface area (Å²) in [6.07, 6.45) is 5.42. The van der Waals surface area contributed by atoms with E-state index in [1.165, 1.54) is 31.4 Å². The van der Waals surface area contributed by atoms with Crippen molar-refractivity contribution in [2.45, 2.75) is 45.4 Å². The van der Waals surface area contributed by atoms with Gasteiger partial charge in [0.1, 0.15) is 0 Å². The number of rotatable bonds is 2. The van der Waals surface area contributed by atoms with E-state index in [-0.39, 0.29) is 0 Å². The topological polar surface area (TPSA) is 17.3 Å². The molecule has 1 aromatic carbocycles. The van der Waals surface area contributed by atoms with E-state index >= 15 is 0 Å². The second-order valence-electron chi connectivity index (χ2n) is 7.16. The van der Waals surface area contributed by atoms with Crippen molar-refractivity contribution in [3.8, 4) is 0 Å². The zero-order chi connectivity index (χ0) is 14.0. The maximum atomic E-state index is 4.47. The molecule has 3 rings (SSSR count). The molecule has 2 fully saturated rings. The van der Waals surface area contributed by atoms with Crippen molar-refractivity contribution < 1.29 is 0 Å². The normalized spacial score (nSPS) is 23.8. The van der Waals surface area contributed by atoms with Crippen molar-refractivity contribution in [2.24, 2.45) is 5.41 Å². The Hall–Kier alpha value is -1.02. The molecule has 2 nitrogen and oxygen atoms in total. The van der Waals surface area contributed by atoms with Crippen molar-refractivity contribution in [1.29, 1.82) is 0 Å². The van der Waals surface area contributed by atoms with Gasteiger partial charge in [0.2, 0.25) is 0 Å². The van der Waals surface area contributed by atoms with Gasteiger partial charge in [-0.1, -0.05) is 32.0 Å². The maximum absolute atomic E-state index is 4.47. The molecular weight excluding hydrogens is 244 g/mol. The highest BCUT2D eigenvalue weighted by Crippen LogP contribution is 2.44. The van der Waals surface area contributed by atoms with Gasteiger partial charge in [-0.15, -0.1) is 0 Å². The van der Waals surface area contributed by atoms with Crippen LogP contribution >= 0.6 is 0 Å². The minimum absolute atomic E-state index is 0.551. The molecule has 2 heteroatoms. The van der Waals surface area contributed by atoms with Gasteiger partial charge in [0.05, 0.1) is 0 Å². The SMILES string of the molecule is CC1(C)CCC(c2ccccc2N2CC[N]CC2)CC1. The maximum Gasteiger partial charge on any atom is 0.0402 e. The van der Waals surface area contributed by atoms with Gasteiger partial charge in [0.15, 0.2) is 0 Å². The standard InChI is InChI=1S/C18H27N2/c1-18(2)9-7-15(8-10-18)16-5-3-4-6-17(16)20-13-11-19-12-14-20/h3-6,15H,7-14H2,1-2H3. The van der Waals surface area contributed by atoms with Crippen LogP contribution in [0.5, 0.6) is 0 Å². The minimum atomic E-state index is 0.551. The Balaban J connectivity index is 1.79. The van der Waals surface area contributed by atoms with Crippen molar-refractivity contribution in [3.63, 3.8) is 0 Å². The van der Waals surface area contributed by atoms with Gasteiger partial charge in [-0.25, -0.2) is 5.32 Å². The fourth-order valence-corrected chi connectivity index (χ4v) is 3.68. The van der Waals surface area contributed by atoms with Gasteiger partial charge >= 0.3 is 0 Å². The van der Waals surface area contributed by atoms with Crippen LogP contribution in [0.25, 0.3) is 0 Å². The third kappa shape index (κ3) is 3.01. The van der Waals surface area contributed by atoms with E-state index in [0.29, 0.717) is 5.41 Å². The number of para-hydroxylation sites is 1. The van der Waals surface area contributed by atoms with E-state index in [4.69, 9.17) is 0 Å². The summed E-state index contributed by atoms with van der Waals surface area (Å²) in [5, 5.41) is 4.47. The molecule has 0 bridgehead atoms. The number of nitrogens with zero attached hydrogens (tertiary/aromatic N) is 2. The third-order valence-corrected chi connectivity index (χ3v) is 5.11. The lowest BCUT2D eigenvalue weighted by molar-refractivity contribution is 0.224. The molecule has 1 saturated carbocycles. The van der Waals surface area contributed by atoms with E-state index < -0.39 is 0 Å². The lowest BCUT2D eigenvalue weighted by atomic mass is 9.71. The monoisotopic (exact) mass is 271 g/mol. The summed E-state index contributed by atoms with van der Waals surface area (Å²) in [7, 11) is 0. The Morgan fingerprint density at radius 1 is 1.05 bits per heavy atom. The zero-order valence-corrected chi connectivity index (χ0v) is 12.9. The lowest BCUT2D eigenvalue weighted by Gasteiger charge is -2.37. The predicted octanol–water partition coefficient (Wildman–Crippen LogP) is 3.79. The van der Waals surface area contributed by atoms with Crippen LogP contribution in [0.3, 0.4) is 0 Å². The zero-order valence-electron chi connectivity index (χ0n) is 12.9. The fraction of sp³-hybridized carbons (Fsp3) is 0.667. The third-order valence-electron chi connectivity index (χ3n) is 5.11. The Kier molecular flexibility index (Phi) is 4.02. The molecule has 0 N–H and O–H groups in total. The van der Waals surface area contributed by atoms with Crippen LogP contribution in [-0.2, 0) is 0 Å². The molecule has 0 spiro atoms. The first-order valence-corrected chi connectivity index (χ1v) is 8.13. The molecule has 1 radical (unpaired) electrons. The molecule has 0 aromatic heterocycles. The second-order valence-corrected chi connectivity index (χ2v) is 7.16. The van der Waals surface area contributed by atoms with Crippen LogP contribution in [0.4, 0.5) is 5.69 Å². The largest absolute Gasteiger partial charge is 0.369 e. The van der Waals surface area contributed by atoms with Gasteiger partial charge in [0, 0.05) is 31.9 Å². The molecule has 0 amide bonds. The van der Waals surface area contributed by atoms with Crippen molar-refractivity contribution in [2.75, 3.05) is 31.1 Å². The Morgan fingerprint density at radius 2 is 1.70 bits per heavy atom. The van der Waals surface area contributed by atoms with Gasteiger partial charge in [0.25, 0.3) is 0 Å². The number of benzene rings is 1. The van der Waals surface area contributed by atoms with E-state index in [2.05, 4.69) is 48.3 Å². The minimum Gasteiger partial charge on any atom is -0.369 e. The van der Waals surface area contributed by atoms with E-state index in [9.17, 15) is 0 Å². The number of anilines is 1. The van der Waals surface area contributed by atoms with Crippen LogP contribution < -0.4 is 10.2 Å². The molecule has 1 saturated heterocycles. The highest BCUT2D eigenvalue weighted by molar-refractivity contribution is 5.55. The first-order valence-electron chi connectivity index (χ1n) is 8.13. The van der Waals surface area contributed by atoms with Crippen molar-refractivity contribution in [3.05, 3.63) is 29.8 Å². The molecule has 1 aromatic rings. The number of piperazine rings is 1. The highest BCUT2D eigenvalue weighted by atomic mass is 15.2. The summed E-state index contributed by atoms with van der Waals surface area (Å²) >= 11 is 0. The highest BCUT2D eigenvalue weighted by Gasteiger charge is 2.29. The Morgan fingerprint density at radius 3 is 2.40 bits per heavy atom. The van der Waals surface area contributed by atoms with Crippen LogP contribution in [-0.4, -0.2) is 26.2 Å². The molecule has 1 aliphatic heterocycles. The molecule has 1 aliphatic carbocycles. The predicted molar refractivity (Wildman–Crippen MR) is 85.5 cm³/mol. The van der Waals surface area contributed by atoms with E-state index in [0.717, 1.165) is 32.1 Å². The molecule has 109 valence electrons. The van der Waals surface area contributed by atoms with Crippen LogP contribution in [0.2, 0.25) is 0 Å². The summed E-state index contributed by atoms with van der Waals surface area (Å²) in [5.41, 5.74) is 3.62. The molecule has 0 unspecified atom stereocenters. The summed E-state index contributed by atoms with van der Waals surface area (Å²) in [6, 6.07) is 9.09. The fourth-order valence-electron chi connectivity index (χ4n) is 3.68. The van der Waals surface area contributed by atoms with Crippen molar-refractivity contribution >= 4 is 5.69 Å². The summed E-state index contributed by atoms with van der Waals surface area (Å²) in [4.78, 5) is 2.54. The van der Waals surface area contributed by atoms with Crippen LogP contribution in [0, 0.1) is 5.41 Å². The molecule has 0 atom stereocenters. The van der Waals surface area contributed by atoms with Crippen LogP contribution in [0.1, 0.15) is 51.0 Å². The van der Waals surface area contributed by atoms with Crippen LogP contribution in [0.15, 0.2) is 24.3 Å². The molecule has 1 heterocycles. The van der Waals surface area contributed by atoms with Gasteiger partial charge in [-0.3, -0.25) is 0 Å². The Bertz CT molecular complexity index is 436. The average molecular weight is 271 g/mol. The average Bonchev–Trinajstić information content (AvgIpc) is 2.48. The molecule has 20 heavy (non-hydrogen) atoms. The number of hydrogen-bond donors (Lipinski definition) is 0. The quantitative estimate of drug-likeness (QED) is 0.800. The van der Waals surface area contributed by atoms with Crippen molar-refractivity contribution in [1.82, 2.24) is 5.32 Å². The van der Waals surface area contributed by atoms with Gasteiger partial charge in [-0.2, -0.15) is 0 Å². The smallest absolute Gasteiger partial charge is 0.0402 e. The summed E-state index contributed by atoms with van der Waals surface area (Å²) < 4.78 is 0. The summed E-state index contributed by atoms with van der Waals surface area (Å²) in [5.74, 6) is 0.762. The molecular formula is C18H27N2. The van der Waals surface area contributed by atoms with E-state index in [1.807, 2.05) is 0 Å². The second kappa shape index (κ2) is 5.77.